The Labute approximate surface area is 274 Å². The predicted octanol–water partition coefficient (Wildman–Crippen LogP) is 5.05. The quantitative estimate of drug-likeness (QED) is 0.388. The Bertz CT molecular complexity index is 1620. The molecule has 1 atom stereocenters. The predicted molar refractivity (Wildman–Crippen MR) is 175 cm³/mol. The Balaban J connectivity index is 1.01. The number of nitrogens with zero attached hydrogens (tertiary/aromatic N) is 5. The first-order valence-corrected chi connectivity index (χ1v) is 17.1. The molecule has 11 nitrogen and oxygen atoms in total. The number of likely N-dealkylation sites (tertiary alicyclic amines) is 3. The van der Waals surface area contributed by atoms with E-state index in [1.54, 1.807) is 22.1 Å². The molecule has 3 aromatic rings. The summed E-state index contributed by atoms with van der Waals surface area (Å²) >= 11 is 0. The van der Waals surface area contributed by atoms with Gasteiger partial charge in [0, 0.05) is 56.6 Å². The number of urea groups is 1. The van der Waals surface area contributed by atoms with Gasteiger partial charge in [0.1, 0.15) is 5.82 Å². The fraction of sp³-hybridized carbons (Fsp3) is 0.543. The number of para-hydroxylation sites is 1. The minimum atomic E-state index is -0.949. The zero-order chi connectivity index (χ0) is 32.5. The molecule has 12 heteroatoms. The standard InChI is InChI=1S/C35H44FN7O4/c1-23-18-24(19-26-21-37-39-31(23)26)20-30(33(44)41-14-8-27(9-15-41)40-12-3-2-4-13-40)47-35(46)42-16-10-28(11-17-42)43-22-25-6-5-7-29(36)32(25)38-34(43)45/h5-7,18-19,21,27-28,30H,2-4,8-17,20,22H2,1H3,(H,37,39)(H,38,45). The number of H-pyrrole nitrogens is 1. The summed E-state index contributed by atoms with van der Waals surface area (Å²) in [7, 11) is 0. The van der Waals surface area contributed by atoms with Crippen LogP contribution in [0.1, 0.15) is 61.6 Å². The number of amides is 4. The monoisotopic (exact) mass is 645 g/mol. The van der Waals surface area contributed by atoms with Crippen molar-refractivity contribution in [1.82, 2.24) is 29.8 Å². The molecule has 250 valence electrons. The third kappa shape index (κ3) is 6.65. The van der Waals surface area contributed by atoms with Crippen LogP contribution in [0.2, 0.25) is 0 Å². The Hall–Kier alpha value is -4.19. The van der Waals surface area contributed by atoms with Gasteiger partial charge in [-0.15, -0.1) is 0 Å². The molecule has 0 bridgehead atoms. The number of hydrogen-bond donors (Lipinski definition) is 2. The number of aromatic amines is 1. The Kier molecular flexibility index (Phi) is 9.02. The lowest BCUT2D eigenvalue weighted by Gasteiger charge is -2.41. The number of piperidine rings is 3. The second-order valence-electron chi connectivity index (χ2n) is 13.5. The van der Waals surface area contributed by atoms with Crippen molar-refractivity contribution < 1.29 is 23.5 Å². The first kappa shape index (κ1) is 31.4. The van der Waals surface area contributed by atoms with E-state index in [-0.39, 0.29) is 30.1 Å². The van der Waals surface area contributed by atoms with Gasteiger partial charge < -0.3 is 29.7 Å². The van der Waals surface area contributed by atoms with Crippen LogP contribution in [0.25, 0.3) is 10.9 Å². The summed E-state index contributed by atoms with van der Waals surface area (Å²) in [5.41, 5.74) is 3.86. The maximum Gasteiger partial charge on any atom is 0.410 e. The zero-order valence-electron chi connectivity index (χ0n) is 27.0. The van der Waals surface area contributed by atoms with E-state index in [2.05, 4.69) is 20.4 Å². The molecule has 4 aliphatic rings. The summed E-state index contributed by atoms with van der Waals surface area (Å²) in [6, 6.07) is 8.90. The van der Waals surface area contributed by atoms with Crippen LogP contribution in [0.3, 0.4) is 0 Å². The second kappa shape index (κ2) is 13.5. The van der Waals surface area contributed by atoms with Crippen LogP contribution in [0.4, 0.5) is 19.7 Å². The number of benzene rings is 2. The minimum absolute atomic E-state index is 0.0984. The molecule has 1 unspecified atom stereocenters. The van der Waals surface area contributed by atoms with Gasteiger partial charge in [-0.1, -0.05) is 24.6 Å². The van der Waals surface area contributed by atoms with E-state index in [1.807, 2.05) is 30.0 Å². The topological polar surface area (TPSA) is 114 Å². The van der Waals surface area contributed by atoms with Gasteiger partial charge in [-0.2, -0.15) is 5.10 Å². The largest absolute Gasteiger partial charge is 0.436 e. The maximum absolute atomic E-state index is 14.2. The summed E-state index contributed by atoms with van der Waals surface area (Å²) in [4.78, 5) is 48.3. The van der Waals surface area contributed by atoms with E-state index < -0.39 is 18.0 Å². The van der Waals surface area contributed by atoms with Crippen LogP contribution in [0.5, 0.6) is 0 Å². The lowest BCUT2D eigenvalue weighted by atomic mass is 9.98. The number of aryl methyl sites for hydroxylation is 1. The molecule has 2 aromatic carbocycles. The average molecular weight is 646 g/mol. The van der Waals surface area contributed by atoms with Crippen molar-refractivity contribution in [2.75, 3.05) is 44.6 Å². The van der Waals surface area contributed by atoms with Crippen molar-refractivity contribution >= 4 is 34.6 Å². The lowest BCUT2D eigenvalue weighted by molar-refractivity contribution is -0.142. The van der Waals surface area contributed by atoms with E-state index in [4.69, 9.17) is 4.74 Å². The molecule has 5 heterocycles. The number of nitrogens with one attached hydrogen (secondary N) is 2. The van der Waals surface area contributed by atoms with Crippen LogP contribution in [-0.4, -0.2) is 105 Å². The molecule has 47 heavy (non-hydrogen) atoms. The number of hydrogen-bond acceptors (Lipinski definition) is 6. The molecule has 7 rings (SSSR count). The molecular formula is C35H44FN7O4. The number of carbonyl (C=O) groups is 3. The van der Waals surface area contributed by atoms with Gasteiger partial charge >= 0.3 is 12.1 Å². The fourth-order valence-corrected chi connectivity index (χ4v) is 7.89. The van der Waals surface area contributed by atoms with Crippen LogP contribution in [-0.2, 0) is 22.5 Å². The van der Waals surface area contributed by atoms with Gasteiger partial charge in [-0.05, 0) is 87.4 Å². The molecule has 3 saturated heterocycles. The maximum atomic E-state index is 14.2. The number of rotatable bonds is 6. The molecule has 4 aliphatic heterocycles. The lowest BCUT2D eigenvalue weighted by Crippen LogP contribution is -2.53. The van der Waals surface area contributed by atoms with Crippen molar-refractivity contribution in [2.24, 2.45) is 0 Å². The molecule has 2 N–H and O–H groups in total. The summed E-state index contributed by atoms with van der Waals surface area (Å²) < 4.78 is 20.3. The summed E-state index contributed by atoms with van der Waals surface area (Å²) in [6.07, 6.45) is 7.35. The average Bonchev–Trinajstić information content (AvgIpc) is 3.58. The number of carbonyl (C=O) groups excluding carboxylic acids is 3. The van der Waals surface area contributed by atoms with Crippen LogP contribution < -0.4 is 5.32 Å². The van der Waals surface area contributed by atoms with Gasteiger partial charge in [-0.3, -0.25) is 9.89 Å². The first-order chi connectivity index (χ1) is 22.8. The van der Waals surface area contributed by atoms with Crippen LogP contribution >= 0.6 is 0 Å². The fourth-order valence-electron chi connectivity index (χ4n) is 7.89. The summed E-state index contributed by atoms with van der Waals surface area (Å²) in [5.74, 6) is -0.588. The highest BCUT2D eigenvalue weighted by Gasteiger charge is 2.37. The third-order valence-corrected chi connectivity index (χ3v) is 10.5. The number of anilines is 1. The molecular weight excluding hydrogens is 601 g/mol. The number of halogens is 1. The minimum Gasteiger partial charge on any atom is -0.436 e. The summed E-state index contributed by atoms with van der Waals surface area (Å²) in [6.45, 7) is 6.70. The van der Waals surface area contributed by atoms with E-state index >= 15 is 0 Å². The zero-order valence-corrected chi connectivity index (χ0v) is 27.0. The van der Waals surface area contributed by atoms with Gasteiger partial charge in [-0.25, -0.2) is 14.0 Å². The first-order valence-electron chi connectivity index (χ1n) is 17.1. The van der Waals surface area contributed by atoms with Gasteiger partial charge in [0.05, 0.1) is 17.4 Å². The molecule has 1 aromatic heterocycles. The van der Waals surface area contributed by atoms with Crippen molar-refractivity contribution in [3.05, 3.63) is 59.0 Å². The van der Waals surface area contributed by atoms with Crippen molar-refractivity contribution in [2.45, 2.75) is 83.0 Å². The van der Waals surface area contributed by atoms with Crippen LogP contribution in [0.15, 0.2) is 36.5 Å². The smallest absolute Gasteiger partial charge is 0.410 e. The molecule has 3 fully saturated rings. The van der Waals surface area contributed by atoms with E-state index in [0.717, 1.165) is 53.5 Å². The Morgan fingerprint density at radius 3 is 2.47 bits per heavy atom. The Morgan fingerprint density at radius 2 is 1.70 bits per heavy atom. The SMILES string of the molecule is Cc1cc(CC(OC(=O)N2CCC(N3Cc4cccc(F)c4NC3=O)CC2)C(=O)N2CCC(N3CCCCC3)CC2)cc2cn[nH]c12. The van der Waals surface area contributed by atoms with E-state index in [9.17, 15) is 18.8 Å². The highest BCUT2D eigenvalue weighted by atomic mass is 19.1. The van der Waals surface area contributed by atoms with Crippen molar-refractivity contribution in [1.29, 1.82) is 0 Å². The van der Waals surface area contributed by atoms with E-state index in [1.165, 1.54) is 25.3 Å². The second-order valence-corrected chi connectivity index (χ2v) is 13.5. The molecule has 0 radical (unpaired) electrons. The van der Waals surface area contributed by atoms with Crippen molar-refractivity contribution in [3.63, 3.8) is 0 Å². The molecule has 4 amide bonds. The highest BCUT2D eigenvalue weighted by molar-refractivity contribution is 5.92. The van der Waals surface area contributed by atoms with E-state index in [0.29, 0.717) is 51.6 Å². The number of aromatic nitrogens is 2. The summed E-state index contributed by atoms with van der Waals surface area (Å²) in [5, 5.41) is 10.8. The van der Waals surface area contributed by atoms with Gasteiger partial charge in [0.2, 0.25) is 0 Å². The number of fused-ring (bicyclic) bond motifs is 2. The third-order valence-electron chi connectivity index (χ3n) is 10.5. The number of ether oxygens (including phenoxy) is 1. The molecule has 0 aliphatic carbocycles. The Morgan fingerprint density at radius 1 is 0.979 bits per heavy atom. The molecule has 0 saturated carbocycles. The molecule has 0 spiro atoms. The normalized spacial score (nSPS) is 20.6. The van der Waals surface area contributed by atoms with Crippen molar-refractivity contribution in [3.8, 4) is 0 Å². The van der Waals surface area contributed by atoms with Crippen LogP contribution in [0, 0.1) is 12.7 Å². The van der Waals surface area contributed by atoms with Gasteiger partial charge in [0.15, 0.2) is 6.10 Å². The highest BCUT2D eigenvalue weighted by Crippen LogP contribution is 2.30. The van der Waals surface area contributed by atoms with Gasteiger partial charge in [0.25, 0.3) is 5.91 Å².